The lowest BCUT2D eigenvalue weighted by atomic mass is 9.83. The van der Waals surface area contributed by atoms with E-state index in [9.17, 15) is 0 Å². The number of benzene rings is 1. The van der Waals surface area contributed by atoms with Crippen molar-refractivity contribution in [1.82, 2.24) is 5.32 Å². The van der Waals surface area contributed by atoms with Gasteiger partial charge in [0.2, 0.25) is 0 Å². The van der Waals surface area contributed by atoms with Crippen molar-refractivity contribution in [3.05, 3.63) is 39.4 Å². The van der Waals surface area contributed by atoms with E-state index in [0.717, 1.165) is 22.2 Å². The van der Waals surface area contributed by atoms with Crippen molar-refractivity contribution in [2.45, 2.75) is 52.0 Å². The van der Waals surface area contributed by atoms with Gasteiger partial charge in [0.1, 0.15) is 0 Å². The zero-order valence-electron chi connectivity index (χ0n) is 13.0. The van der Waals surface area contributed by atoms with Crippen molar-refractivity contribution in [3.8, 4) is 0 Å². The molecule has 0 unspecified atom stereocenters. The van der Waals surface area contributed by atoms with Gasteiger partial charge in [-0.3, -0.25) is 0 Å². The molecular formula is C18H25Cl2N. The molecule has 0 amide bonds. The lowest BCUT2D eigenvalue weighted by molar-refractivity contribution is 0.394. The summed E-state index contributed by atoms with van der Waals surface area (Å²) in [7, 11) is 0. The Bertz CT molecular complexity index is 468. The van der Waals surface area contributed by atoms with Crippen LogP contribution in [0.15, 0.2) is 23.8 Å². The fourth-order valence-corrected chi connectivity index (χ4v) is 3.45. The van der Waals surface area contributed by atoms with Gasteiger partial charge >= 0.3 is 0 Å². The van der Waals surface area contributed by atoms with E-state index in [-0.39, 0.29) is 0 Å². The van der Waals surface area contributed by atoms with E-state index in [2.05, 4.69) is 25.2 Å². The number of rotatable bonds is 5. The normalized spacial score (nSPS) is 17.5. The molecule has 1 aliphatic rings. The smallest absolute Gasteiger partial charge is 0.0493 e. The highest BCUT2D eigenvalue weighted by molar-refractivity contribution is 6.37. The third kappa shape index (κ3) is 5.02. The molecule has 3 heteroatoms. The summed E-state index contributed by atoms with van der Waals surface area (Å²) in [6, 6.07) is 6.20. The summed E-state index contributed by atoms with van der Waals surface area (Å²) in [5, 5.41) is 5.02. The predicted molar refractivity (Wildman–Crippen MR) is 94.2 cm³/mol. The lowest BCUT2D eigenvalue weighted by Gasteiger charge is -2.26. The number of hydrogen-bond acceptors (Lipinski definition) is 1. The molecule has 0 bridgehead atoms. The summed E-state index contributed by atoms with van der Waals surface area (Å²) < 4.78 is 0. The highest BCUT2D eigenvalue weighted by Crippen LogP contribution is 2.33. The van der Waals surface area contributed by atoms with Crippen LogP contribution in [0.25, 0.3) is 6.08 Å². The molecule has 1 aromatic carbocycles. The first-order valence-electron chi connectivity index (χ1n) is 7.95. The Morgan fingerprint density at radius 1 is 1.19 bits per heavy atom. The van der Waals surface area contributed by atoms with E-state index < -0.39 is 0 Å². The van der Waals surface area contributed by atoms with Crippen LogP contribution in [0, 0.1) is 5.92 Å². The monoisotopic (exact) mass is 325 g/mol. The number of halogens is 2. The molecule has 1 fully saturated rings. The van der Waals surface area contributed by atoms with Gasteiger partial charge in [-0.05, 0) is 30.9 Å². The highest BCUT2D eigenvalue weighted by atomic mass is 35.5. The summed E-state index contributed by atoms with van der Waals surface area (Å²) >= 11 is 12.7. The van der Waals surface area contributed by atoms with Gasteiger partial charge in [-0.15, -0.1) is 0 Å². The molecule has 0 saturated heterocycles. The molecule has 2 rings (SSSR count). The first-order valence-corrected chi connectivity index (χ1v) is 8.71. The van der Waals surface area contributed by atoms with Gasteiger partial charge in [0.25, 0.3) is 0 Å². The van der Waals surface area contributed by atoms with Crippen LogP contribution in [0.3, 0.4) is 0 Å². The Morgan fingerprint density at radius 2 is 1.81 bits per heavy atom. The standard InChI is InChI=1S/C18H25Cl2N/c1-13(2)21-12-15(14-7-4-3-5-8-14)11-16-17(19)9-6-10-18(16)20/h6,9-11,13-14,21H,3-5,7-8,12H2,1-2H3/b15-11-. The van der Waals surface area contributed by atoms with E-state index in [0.29, 0.717) is 12.0 Å². The first-order chi connectivity index (χ1) is 10.1. The SMILES string of the molecule is CC(C)NC/C(=C/c1c(Cl)cccc1Cl)C1CCCCC1. The van der Waals surface area contributed by atoms with Crippen LogP contribution in [0.5, 0.6) is 0 Å². The van der Waals surface area contributed by atoms with Crippen molar-refractivity contribution < 1.29 is 0 Å². The summed E-state index contributed by atoms with van der Waals surface area (Å²) in [5.74, 6) is 0.664. The van der Waals surface area contributed by atoms with Gasteiger partial charge in [-0.25, -0.2) is 0 Å². The summed E-state index contributed by atoms with van der Waals surface area (Å²) in [6.45, 7) is 5.28. The molecule has 0 heterocycles. The molecular weight excluding hydrogens is 301 g/mol. The number of hydrogen-bond donors (Lipinski definition) is 1. The van der Waals surface area contributed by atoms with Crippen molar-refractivity contribution in [1.29, 1.82) is 0 Å². The second kappa shape index (κ2) is 8.22. The maximum Gasteiger partial charge on any atom is 0.0493 e. The van der Waals surface area contributed by atoms with Gasteiger partial charge in [0.05, 0.1) is 0 Å². The van der Waals surface area contributed by atoms with Crippen molar-refractivity contribution in [3.63, 3.8) is 0 Å². The molecule has 1 saturated carbocycles. The zero-order chi connectivity index (χ0) is 15.2. The molecule has 1 nitrogen and oxygen atoms in total. The molecule has 1 aromatic rings. The minimum Gasteiger partial charge on any atom is -0.311 e. The van der Waals surface area contributed by atoms with Gasteiger partial charge in [-0.1, -0.05) is 74.0 Å². The quantitative estimate of drug-likeness (QED) is 0.704. The second-order valence-corrected chi connectivity index (χ2v) is 7.04. The second-order valence-electron chi connectivity index (χ2n) is 6.23. The van der Waals surface area contributed by atoms with E-state index in [4.69, 9.17) is 23.2 Å². The minimum absolute atomic E-state index is 0.485. The molecule has 116 valence electrons. The van der Waals surface area contributed by atoms with Gasteiger partial charge in [0, 0.05) is 28.2 Å². The van der Waals surface area contributed by atoms with E-state index in [1.54, 1.807) is 0 Å². The summed E-state index contributed by atoms with van der Waals surface area (Å²) in [6.07, 6.45) is 8.82. The third-order valence-electron chi connectivity index (χ3n) is 4.17. The average Bonchev–Trinajstić information content (AvgIpc) is 2.47. The Morgan fingerprint density at radius 3 is 2.38 bits per heavy atom. The molecule has 0 radical (unpaired) electrons. The number of nitrogens with one attached hydrogen (secondary N) is 1. The summed E-state index contributed by atoms with van der Waals surface area (Å²) in [4.78, 5) is 0. The molecule has 1 N–H and O–H groups in total. The summed E-state index contributed by atoms with van der Waals surface area (Å²) in [5.41, 5.74) is 2.41. The topological polar surface area (TPSA) is 12.0 Å². The zero-order valence-corrected chi connectivity index (χ0v) is 14.5. The van der Waals surface area contributed by atoms with Gasteiger partial charge < -0.3 is 5.32 Å². The lowest BCUT2D eigenvalue weighted by Crippen LogP contribution is -2.27. The molecule has 0 aliphatic heterocycles. The van der Waals surface area contributed by atoms with E-state index in [1.807, 2.05) is 18.2 Å². The van der Waals surface area contributed by atoms with Crippen molar-refractivity contribution >= 4 is 29.3 Å². The predicted octanol–water partition coefficient (Wildman–Crippen LogP) is 5.96. The van der Waals surface area contributed by atoms with Crippen LogP contribution in [0.4, 0.5) is 0 Å². The van der Waals surface area contributed by atoms with Crippen LogP contribution in [-0.4, -0.2) is 12.6 Å². The first kappa shape index (κ1) is 16.9. The van der Waals surface area contributed by atoms with Crippen LogP contribution in [-0.2, 0) is 0 Å². The largest absolute Gasteiger partial charge is 0.311 e. The Hall–Kier alpha value is -0.500. The average molecular weight is 326 g/mol. The Kier molecular flexibility index (Phi) is 6.60. The molecule has 0 atom stereocenters. The minimum atomic E-state index is 0.485. The van der Waals surface area contributed by atoms with Crippen molar-refractivity contribution in [2.75, 3.05) is 6.54 Å². The fourth-order valence-electron chi connectivity index (χ4n) is 2.94. The molecule has 0 spiro atoms. The third-order valence-corrected chi connectivity index (χ3v) is 4.83. The van der Waals surface area contributed by atoms with Crippen LogP contribution in [0.1, 0.15) is 51.5 Å². The maximum atomic E-state index is 6.33. The van der Waals surface area contributed by atoms with E-state index >= 15 is 0 Å². The molecule has 0 aromatic heterocycles. The van der Waals surface area contributed by atoms with Crippen LogP contribution in [0.2, 0.25) is 10.0 Å². The van der Waals surface area contributed by atoms with E-state index in [1.165, 1.54) is 37.7 Å². The van der Waals surface area contributed by atoms with Crippen LogP contribution >= 0.6 is 23.2 Å². The molecule has 1 aliphatic carbocycles. The molecule has 21 heavy (non-hydrogen) atoms. The van der Waals surface area contributed by atoms with Crippen LogP contribution < -0.4 is 5.32 Å². The fraction of sp³-hybridized carbons (Fsp3) is 0.556. The Labute approximate surface area is 138 Å². The van der Waals surface area contributed by atoms with Gasteiger partial charge in [0.15, 0.2) is 0 Å². The van der Waals surface area contributed by atoms with Gasteiger partial charge in [-0.2, -0.15) is 0 Å². The Balaban J connectivity index is 2.26. The maximum absolute atomic E-state index is 6.33. The van der Waals surface area contributed by atoms with Crippen molar-refractivity contribution in [2.24, 2.45) is 5.92 Å². The highest BCUT2D eigenvalue weighted by Gasteiger charge is 2.18.